The molecule has 0 unspecified atom stereocenters. The molecule has 0 bridgehead atoms. The van der Waals surface area contributed by atoms with Crippen molar-refractivity contribution in [1.29, 1.82) is 0 Å². The van der Waals surface area contributed by atoms with E-state index in [1.165, 1.54) is 18.2 Å². The third-order valence-corrected chi connectivity index (χ3v) is 5.33. The Balaban J connectivity index is 1.87. The van der Waals surface area contributed by atoms with Crippen LogP contribution in [0.3, 0.4) is 0 Å². The molecule has 0 fully saturated rings. The van der Waals surface area contributed by atoms with Gasteiger partial charge in [0.05, 0.1) is 24.4 Å². The number of methoxy groups -OCH3 is 1. The van der Waals surface area contributed by atoms with E-state index in [-0.39, 0.29) is 18.0 Å². The van der Waals surface area contributed by atoms with Crippen LogP contribution >= 0.6 is 0 Å². The van der Waals surface area contributed by atoms with Crippen LogP contribution < -0.4 is 14.2 Å². The summed E-state index contributed by atoms with van der Waals surface area (Å²) < 4.78 is 37.7. The lowest BCUT2D eigenvalue weighted by Gasteiger charge is -2.11. The zero-order valence-corrected chi connectivity index (χ0v) is 16.7. The molecule has 0 heterocycles. The van der Waals surface area contributed by atoms with Gasteiger partial charge < -0.3 is 9.47 Å². The summed E-state index contributed by atoms with van der Waals surface area (Å²) in [4.78, 5) is 10.2. The van der Waals surface area contributed by atoms with Crippen molar-refractivity contribution in [2.75, 3.05) is 20.3 Å². The van der Waals surface area contributed by atoms with E-state index in [2.05, 4.69) is 4.72 Å². The van der Waals surface area contributed by atoms with Crippen molar-refractivity contribution in [1.82, 2.24) is 4.72 Å². The monoisotopic (exact) mass is 408 g/mol. The van der Waals surface area contributed by atoms with E-state index in [1.807, 2.05) is 25.1 Å². The minimum atomic E-state index is -3.58. The zero-order valence-electron chi connectivity index (χ0n) is 15.9. The molecule has 0 aliphatic carbocycles. The molecule has 2 aromatic carbocycles. The third kappa shape index (κ3) is 6.50. The predicted octanol–water partition coefficient (Wildman–Crippen LogP) is 3.05. The summed E-state index contributed by atoms with van der Waals surface area (Å²) in [5, 5.41) is 10.8. The normalized spacial score (nSPS) is 11.2. The molecule has 28 heavy (non-hydrogen) atoms. The Morgan fingerprint density at radius 1 is 1.11 bits per heavy atom. The van der Waals surface area contributed by atoms with Crippen LogP contribution in [0.2, 0.25) is 0 Å². The number of nitrogens with one attached hydrogen (secondary N) is 1. The molecule has 152 valence electrons. The van der Waals surface area contributed by atoms with Crippen LogP contribution in [-0.2, 0) is 22.2 Å². The first-order valence-corrected chi connectivity index (χ1v) is 10.5. The highest BCUT2D eigenvalue weighted by molar-refractivity contribution is 7.88. The molecule has 0 saturated carbocycles. The number of ether oxygens (including phenoxy) is 2. The number of aryl methyl sites for hydroxylation is 1. The summed E-state index contributed by atoms with van der Waals surface area (Å²) in [6.07, 6.45) is 1.27. The lowest BCUT2D eigenvalue weighted by Crippen LogP contribution is -2.26. The van der Waals surface area contributed by atoms with Crippen LogP contribution in [0.5, 0.6) is 11.5 Å². The summed E-state index contributed by atoms with van der Waals surface area (Å²) in [5.41, 5.74) is 1.26. The van der Waals surface area contributed by atoms with E-state index in [0.29, 0.717) is 36.5 Å². The largest absolute Gasteiger partial charge is 0.493 e. The highest BCUT2D eigenvalue weighted by Gasteiger charge is 2.14. The van der Waals surface area contributed by atoms with Gasteiger partial charge in [0.15, 0.2) is 11.5 Å². The second-order valence-electron chi connectivity index (χ2n) is 6.10. The van der Waals surface area contributed by atoms with Crippen molar-refractivity contribution in [3.05, 3.63) is 63.7 Å². The fourth-order valence-corrected chi connectivity index (χ4v) is 3.87. The van der Waals surface area contributed by atoms with Gasteiger partial charge in [-0.15, -0.1) is 0 Å². The van der Waals surface area contributed by atoms with Crippen LogP contribution in [-0.4, -0.2) is 33.6 Å². The van der Waals surface area contributed by atoms with Gasteiger partial charge in [0.2, 0.25) is 10.0 Å². The standard InChI is InChI=1S/C19H24N2O6S/c1-3-27-18-10-9-15(13-19(18)26-2)7-5-11-20-28(24,25)14-16-6-4-8-17(12-16)21(22)23/h4,6,8-10,12-13,20H,3,5,7,11,14H2,1-2H3. The van der Waals surface area contributed by atoms with Crippen molar-refractivity contribution >= 4 is 15.7 Å². The molecule has 0 aliphatic heterocycles. The van der Waals surface area contributed by atoms with Gasteiger partial charge in [0.25, 0.3) is 5.69 Å². The predicted molar refractivity (Wildman–Crippen MR) is 106 cm³/mol. The summed E-state index contributed by atoms with van der Waals surface area (Å²) in [6.45, 7) is 2.71. The molecule has 0 atom stereocenters. The van der Waals surface area contributed by atoms with E-state index in [0.717, 1.165) is 5.56 Å². The number of nitrogens with zero attached hydrogens (tertiary/aromatic N) is 1. The molecular weight excluding hydrogens is 384 g/mol. The first kappa shape index (κ1) is 21.6. The lowest BCUT2D eigenvalue weighted by molar-refractivity contribution is -0.384. The fraction of sp³-hybridized carbons (Fsp3) is 0.368. The first-order valence-electron chi connectivity index (χ1n) is 8.85. The van der Waals surface area contributed by atoms with Gasteiger partial charge in [-0.2, -0.15) is 0 Å². The molecule has 1 N–H and O–H groups in total. The van der Waals surface area contributed by atoms with E-state index >= 15 is 0 Å². The highest BCUT2D eigenvalue weighted by Crippen LogP contribution is 2.28. The van der Waals surface area contributed by atoms with Crippen LogP contribution in [0.4, 0.5) is 5.69 Å². The molecule has 0 amide bonds. The number of non-ortho nitro benzene ring substituents is 1. The van der Waals surface area contributed by atoms with Gasteiger partial charge in [-0.1, -0.05) is 18.2 Å². The minimum Gasteiger partial charge on any atom is -0.493 e. The Kier molecular flexibility index (Phi) is 7.77. The third-order valence-electron chi connectivity index (χ3n) is 3.97. The quantitative estimate of drug-likeness (QED) is 0.348. The summed E-state index contributed by atoms with van der Waals surface area (Å²) in [7, 11) is -2.00. The van der Waals surface area contributed by atoms with E-state index in [9.17, 15) is 18.5 Å². The van der Waals surface area contributed by atoms with Crippen LogP contribution in [0.25, 0.3) is 0 Å². The van der Waals surface area contributed by atoms with Crippen molar-refractivity contribution in [3.63, 3.8) is 0 Å². The number of rotatable bonds is 11. The van der Waals surface area contributed by atoms with Crippen LogP contribution in [0.1, 0.15) is 24.5 Å². The van der Waals surface area contributed by atoms with Crippen LogP contribution in [0, 0.1) is 10.1 Å². The molecule has 9 heteroatoms. The molecule has 0 aliphatic rings. The molecule has 8 nitrogen and oxygen atoms in total. The van der Waals surface area contributed by atoms with Crippen molar-refractivity contribution in [3.8, 4) is 11.5 Å². The minimum absolute atomic E-state index is 0.128. The highest BCUT2D eigenvalue weighted by atomic mass is 32.2. The number of benzene rings is 2. The Hall–Kier alpha value is -2.65. The number of nitro groups is 1. The number of hydrogen-bond donors (Lipinski definition) is 1. The topological polar surface area (TPSA) is 108 Å². The average molecular weight is 408 g/mol. The van der Waals surface area contributed by atoms with Gasteiger partial charge in [0.1, 0.15) is 0 Å². The Morgan fingerprint density at radius 2 is 1.89 bits per heavy atom. The number of nitro benzene ring substituents is 1. The van der Waals surface area contributed by atoms with Gasteiger partial charge in [-0.25, -0.2) is 13.1 Å². The maximum atomic E-state index is 12.2. The number of hydrogen-bond acceptors (Lipinski definition) is 6. The SMILES string of the molecule is CCOc1ccc(CCCNS(=O)(=O)Cc2cccc([N+](=O)[O-])c2)cc1OC. The van der Waals surface area contributed by atoms with E-state index < -0.39 is 14.9 Å². The van der Waals surface area contributed by atoms with Crippen molar-refractivity contribution < 1.29 is 22.8 Å². The smallest absolute Gasteiger partial charge is 0.269 e. The molecular formula is C19H24N2O6S. The van der Waals surface area contributed by atoms with Crippen molar-refractivity contribution in [2.45, 2.75) is 25.5 Å². The van der Waals surface area contributed by atoms with E-state index in [4.69, 9.17) is 9.47 Å². The number of sulfonamides is 1. The van der Waals surface area contributed by atoms with Gasteiger partial charge in [-0.05, 0) is 43.0 Å². The van der Waals surface area contributed by atoms with E-state index in [1.54, 1.807) is 13.2 Å². The average Bonchev–Trinajstić information content (AvgIpc) is 2.66. The van der Waals surface area contributed by atoms with Crippen molar-refractivity contribution in [2.24, 2.45) is 0 Å². The second-order valence-corrected chi connectivity index (χ2v) is 7.91. The molecule has 2 aromatic rings. The Labute approximate surface area is 164 Å². The summed E-state index contributed by atoms with van der Waals surface area (Å²) in [5.74, 6) is 1.02. The molecule has 2 rings (SSSR count). The summed E-state index contributed by atoms with van der Waals surface area (Å²) >= 11 is 0. The van der Waals surface area contributed by atoms with Crippen LogP contribution in [0.15, 0.2) is 42.5 Å². The first-order chi connectivity index (χ1) is 13.3. The molecule has 0 saturated heterocycles. The maximum absolute atomic E-state index is 12.2. The fourth-order valence-electron chi connectivity index (χ4n) is 2.69. The molecule has 0 aromatic heterocycles. The molecule has 0 spiro atoms. The lowest BCUT2D eigenvalue weighted by atomic mass is 10.1. The maximum Gasteiger partial charge on any atom is 0.269 e. The Morgan fingerprint density at radius 3 is 2.57 bits per heavy atom. The molecule has 0 radical (unpaired) electrons. The summed E-state index contributed by atoms with van der Waals surface area (Å²) in [6, 6.07) is 11.3. The zero-order chi connectivity index (χ0) is 20.6. The Bertz CT molecular complexity index is 914. The van der Waals surface area contributed by atoms with Gasteiger partial charge in [-0.3, -0.25) is 10.1 Å². The van der Waals surface area contributed by atoms with Gasteiger partial charge in [0, 0.05) is 18.7 Å². The van der Waals surface area contributed by atoms with Gasteiger partial charge >= 0.3 is 0 Å². The second kappa shape index (κ2) is 10.0.